The van der Waals surface area contributed by atoms with Crippen LogP contribution in [0.4, 0.5) is 0 Å². The predicted molar refractivity (Wildman–Crippen MR) is 52.8 cm³/mol. The molecule has 1 rings (SSSR count). The first-order chi connectivity index (χ1) is 5.62. The molecule has 0 aromatic rings. The lowest BCUT2D eigenvalue weighted by Crippen LogP contribution is -2.35. The predicted octanol–water partition coefficient (Wildman–Crippen LogP) is 2.38. The molecule has 1 heterocycles. The maximum Gasteiger partial charge on any atom is 0.194 e. The van der Waals surface area contributed by atoms with Gasteiger partial charge in [0.1, 0.15) is 6.20 Å². The van der Waals surface area contributed by atoms with E-state index in [-0.39, 0.29) is 0 Å². The maximum absolute atomic E-state index is 4.10. The third-order valence-electron chi connectivity index (χ3n) is 2.25. The van der Waals surface area contributed by atoms with Gasteiger partial charge in [-0.25, -0.2) is 4.99 Å². The fourth-order valence-electron chi connectivity index (χ4n) is 1.39. The second-order valence-corrected chi connectivity index (χ2v) is 4.17. The van der Waals surface area contributed by atoms with Crippen LogP contribution in [-0.2, 0) is 0 Å². The van der Waals surface area contributed by atoms with E-state index in [4.69, 9.17) is 0 Å². The third-order valence-corrected chi connectivity index (χ3v) is 2.25. The summed E-state index contributed by atoms with van der Waals surface area (Å²) in [5.74, 6) is 0.820. The number of quaternary nitrogens is 1. The zero-order valence-electron chi connectivity index (χ0n) is 8.33. The third kappa shape index (κ3) is 2.78. The smallest absolute Gasteiger partial charge is 0.194 e. The molecule has 0 spiro atoms. The largest absolute Gasteiger partial charge is 0.256 e. The van der Waals surface area contributed by atoms with Crippen molar-refractivity contribution in [3.05, 3.63) is 12.4 Å². The second-order valence-electron chi connectivity index (χ2n) is 4.17. The summed E-state index contributed by atoms with van der Waals surface area (Å²) in [4.78, 5) is 4.10. The first-order valence-electron chi connectivity index (χ1n) is 4.69. The monoisotopic (exact) mass is 167 g/mol. The summed E-state index contributed by atoms with van der Waals surface area (Å²) in [6.07, 6.45) is 8.62. The molecule has 1 aliphatic rings. The van der Waals surface area contributed by atoms with E-state index in [1.54, 1.807) is 0 Å². The molecule has 0 amide bonds. The molecule has 0 saturated carbocycles. The summed E-state index contributed by atoms with van der Waals surface area (Å²) < 4.78 is 0.882. The summed E-state index contributed by atoms with van der Waals surface area (Å²) in [7, 11) is 2.19. The van der Waals surface area contributed by atoms with E-state index in [9.17, 15) is 0 Å². The van der Waals surface area contributed by atoms with Crippen molar-refractivity contribution >= 4 is 6.34 Å². The van der Waals surface area contributed by atoms with Crippen molar-refractivity contribution in [3.63, 3.8) is 0 Å². The van der Waals surface area contributed by atoms with Gasteiger partial charge in [-0.15, -0.1) is 0 Å². The zero-order valence-corrected chi connectivity index (χ0v) is 8.33. The molecular weight excluding hydrogens is 148 g/mol. The summed E-state index contributed by atoms with van der Waals surface area (Å²) in [5.41, 5.74) is 0. The average molecular weight is 167 g/mol. The van der Waals surface area contributed by atoms with Crippen LogP contribution in [0.25, 0.3) is 0 Å². The number of aliphatic imine (C=N–C) groups is 1. The summed E-state index contributed by atoms with van der Waals surface area (Å²) >= 11 is 0. The van der Waals surface area contributed by atoms with Crippen molar-refractivity contribution in [3.8, 4) is 0 Å². The Morgan fingerprint density at radius 2 is 2.17 bits per heavy atom. The van der Waals surface area contributed by atoms with Crippen LogP contribution in [0.15, 0.2) is 17.4 Å². The van der Waals surface area contributed by atoms with Crippen molar-refractivity contribution < 1.29 is 4.48 Å². The van der Waals surface area contributed by atoms with Gasteiger partial charge in [0.2, 0.25) is 0 Å². The first-order valence-corrected chi connectivity index (χ1v) is 4.69. The van der Waals surface area contributed by atoms with E-state index in [1.807, 2.05) is 12.5 Å². The topological polar surface area (TPSA) is 12.4 Å². The lowest BCUT2D eigenvalue weighted by atomic mass is 10.1. The van der Waals surface area contributed by atoms with Gasteiger partial charge in [-0.2, -0.15) is 0 Å². The molecule has 12 heavy (non-hydrogen) atoms. The van der Waals surface area contributed by atoms with Crippen LogP contribution in [0.2, 0.25) is 0 Å². The molecule has 0 saturated heterocycles. The minimum Gasteiger partial charge on any atom is -0.256 e. The lowest BCUT2D eigenvalue weighted by molar-refractivity contribution is -0.756. The Morgan fingerprint density at radius 3 is 2.67 bits per heavy atom. The van der Waals surface area contributed by atoms with Gasteiger partial charge in [-0.05, 0) is 18.8 Å². The molecule has 2 nitrogen and oxygen atoms in total. The van der Waals surface area contributed by atoms with E-state index in [1.165, 1.54) is 19.4 Å². The number of rotatable bonds is 4. The van der Waals surface area contributed by atoms with Crippen molar-refractivity contribution in [2.24, 2.45) is 10.9 Å². The molecule has 2 heteroatoms. The fourth-order valence-corrected chi connectivity index (χ4v) is 1.39. The van der Waals surface area contributed by atoms with Gasteiger partial charge in [0.05, 0.1) is 19.8 Å². The SMILES string of the molecule is CC(C)CCC[N+]1(C)C=CN=C1. The van der Waals surface area contributed by atoms with Gasteiger partial charge in [-0.1, -0.05) is 13.8 Å². The van der Waals surface area contributed by atoms with Crippen molar-refractivity contribution in [2.75, 3.05) is 13.6 Å². The van der Waals surface area contributed by atoms with Crippen LogP contribution in [0, 0.1) is 5.92 Å². The van der Waals surface area contributed by atoms with Crippen LogP contribution in [0.1, 0.15) is 26.7 Å². The van der Waals surface area contributed by atoms with E-state index in [2.05, 4.69) is 32.1 Å². The molecule has 1 atom stereocenters. The Balaban J connectivity index is 2.23. The molecule has 0 N–H and O–H groups in total. The Kier molecular flexibility index (Phi) is 3.04. The van der Waals surface area contributed by atoms with Crippen molar-refractivity contribution in [1.29, 1.82) is 0 Å². The van der Waals surface area contributed by atoms with Gasteiger partial charge >= 0.3 is 0 Å². The molecule has 1 unspecified atom stereocenters. The maximum atomic E-state index is 4.10. The molecule has 68 valence electrons. The minimum absolute atomic E-state index is 0.820. The highest BCUT2D eigenvalue weighted by atomic mass is 15.3. The highest BCUT2D eigenvalue weighted by Gasteiger charge is 2.18. The molecule has 0 aliphatic carbocycles. The number of nitrogens with zero attached hydrogens (tertiary/aromatic N) is 2. The Morgan fingerprint density at radius 1 is 1.42 bits per heavy atom. The standard InChI is InChI=1S/C10H19N2/c1-10(2)5-4-7-12(3)8-6-11-9-12/h6,8-10H,4-5,7H2,1-3H3/q+1. The highest BCUT2D eigenvalue weighted by molar-refractivity contribution is 5.50. The summed E-state index contributed by atoms with van der Waals surface area (Å²) in [5, 5.41) is 0. The lowest BCUT2D eigenvalue weighted by Gasteiger charge is -2.21. The van der Waals surface area contributed by atoms with Gasteiger partial charge in [0.25, 0.3) is 0 Å². The van der Waals surface area contributed by atoms with Crippen LogP contribution in [0.5, 0.6) is 0 Å². The molecular formula is C10H19N2+. The average Bonchev–Trinajstić information content (AvgIpc) is 2.35. The van der Waals surface area contributed by atoms with Crippen molar-refractivity contribution in [1.82, 2.24) is 0 Å². The zero-order chi connectivity index (χ0) is 9.03. The first kappa shape index (κ1) is 9.46. The highest BCUT2D eigenvalue weighted by Crippen LogP contribution is 2.11. The minimum atomic E-state index is 0.820. The fraction of sp³-hybridized carbons (Fsp3) is 0.700. The van der Waals surface area contributed by atoms with Gasteiger partial charge in [-0.3, -0.25) is 4.48 Å². The summed E-state index contributed by atoms with van der Waals surface area (Å²) in [6, 6.07) is 0. The second kappa shape index (κ2) is 3.85. The van der Waals surface area contributed by atoms with Crippen LogP contribution >= 0.6 is 0 Å². The molecule has 0 fully saturated rings. The molecule has 0 aromatic heterocycles. The van der Waals surface area contributed by atoms with Crippen LogP contribution in [0.3, 0.4) is 0 Å². The molecule has 0 bridgehead atoms. The Labute approximate surface area is 75.2 Å². The van der Waals surface area contributed by atoms with E-state index >= 15 is 0 Å². The Hall–Kier alpha value is -0.630. The quantitative estimate of drug-likeness (QED) is 0.570. The van der Waals surface area contributed by atoms with Gasteiger partial charge in [0, 0.05) is 0 Å². The van der Waals surface area contributed by atoms with Crippen LogP contribution in [-0.4, -0.2) is 24.4 Å². The number of hydrogen-bond acceptors (Lipinski definition) is 1. The van der Waals surface area contributed by atoms with Crippen molar-refractivity contribution in [2.45, 2.75) is 26.7 Å². The van der Waals surface area contributed by atoms with Gasteiger partial charge in [0.15, 0.2) is 6.34 Å². The molecule has 0 radical (unpaired) electrons. The van der Waals surface area contributed by atoms with Crippen LogP contribution < -0.4 is 0 Å². The Bertz CT molecular complexity index is 180. The summed E-state index contributed by atoms with van der Waals surface area (Å²) in [6.45, 7) is 5.72. The normalized spacial score (nSPS) is 27.3. The van der Waals surface area contributed by atoms with E-state index < -0.39 is 0 Å². The van der Waals surface area contributed by atoms with E-state index in [0.29, 0.717) is 0 Å². The molecule has 0 aromatic carbocycles. The molecule has 1 aliphatic heterocycles. The number of hydrogen-bond donors (Lipinski definition) is 0. The van der Waals surface area contributed by atoms with Gasteiger partial charge < -0.3 is 0 Å². The van der Waals surface area contributed by atoms with E-state index in [0.717, 1.165) is 10.4 Å².